The van der Waals surface area contributed by atoms with Crippen molar-refractivity contribution in [3.8, 4) is 0 Å². The Balaban J connectivity index is 1.17. The molecule has 0 aliphatic carbocycles. The molecule has 1 aliphatic heterocycles. The Kier molecular flexibility index (Phi) is 5.24. The maximum absolute atomic E-state index is 4.46. The quantitative estimate of drug-likeness (QED) is 0.426. The minimum Gasteiger partial charge on any atom is -0.340 e. The summed E-state index contributed by atoms with van der Waals surface area (Å²) in [5, 5.41) is 3.60. The molecule has 0 saturated carbocycles. The molecule has 4 nitrogen and oxygen atoms in total. The molecule has 0 bridgehead atoms. The Hall–Kier alpha value is -2.76. The molecule has 0 fully saturated rings. The predicted molar refractivity (Wildman–Crippen MR) is 121 cm³/mol. The van der Waals surface area contributed by atoms with Crippen LogP contribution in [0.15, 0.2) is 88.9 Å². The summed E-state index contributed by atoms with van der Waals surface area (Å²) in [5.74, 6) is 0. The highest BCUT2D eigenvalue weighted by Crippen LogP contribution is 2.47. The van der Waals surface area contributed by atoms with E-state index in [4.69, 9.17) is 0 Å². The van der Waals surface area contributed by atoms with Gasteiger partial charge in [-0.05, 0) is 49.4 Å². The van der Waals surface area contributed by atoms with Gasteiger partial charge in [0.05, 0.1) is 28.7 Å². The van der Waals surface area contributed by atoms with Gasteiger partial charge in [-0.15, -0.1) is 0 Å². The van der Waals surface area contributed by atoms with Crippen molar-refractivity contribution >= 4 is 34.2 Å². The summed E-state index contributed by atoms with van der Waals surface area (Å²) < 4.78 is 2.22. The molecule has 0 unspecified atom stereocenters. The number of benzene rings is 3. The van der Waals surface area contributed by atoms with E-state index in [0.29, 0.717) is 0 Å². The number of anilines is 2. The van der Waals surface area contributed by atoms with Crippen LogP contribution in [-0.2, 0) is 6.54 Å². The highest BCUT2D eigenvalue weighted by atomic mass is 32.2. The van der Waals surface area contributed by atoms with E-state index < -0.39 is 0 Å². The molecule has 4 aromatic rings. The van der Waals surface area contributed by atoms with Gasteiger partial charge in [0.15, 0.2) is 0 Å². The lowest BCUT2D eigenvalue weighted by Crippen LogP contribution is -2.27. The lowest BCUT2D eigenvalue weighted by Gasteiger charge is -2.32. The molecule has 1 N–H and O–H groups in total. The van der Waals surface area contributed by atoms with E-state index in [9.17, 15) is 0 Å². The van der Waals surface area contributed by atoms with Crippen molar-refractivity contribution in [2.75, 3.05) is 24.5 Å². The van der Waals surface area contributed by atoms with Crippen LogP contribution in [0.25, 0.3) is 11.0 Å². The maximum atomic E-state index is 4.46. The number of rotatable bonds is 7. The molecule has 0 amide bonds. The molecule has 146 valence electrons. The van der Waals surface area contributed by atoms with Crippen molar-refractivity contribution in [2.45, 2.75) is 22.8 Å². The Labute approximate surface area is 175 Å². The summed E-state index contributed by atoms with van der Waals surface area (Å²) in [4.78, 5) is 9.61. The molecule has 1 aromatic heterocycles. The van der Waals surface area contributed by atoms with Crippen LogP contribution >= 0.6 is 11.8 Å². The first-order valence-corrected chi connectivity index (χ1v) is 11.0. The molecule has 2 heterocycles. The van der Waals surface area contributed by atoms with Crippen LogP contribution in [0.2, 0.25) is 0 Å². The fraction of sp³-hybridized carbons (Fsp3) is 0.208. The first kappa shape index (κ1) is 18.3. The van der Waals surface area contributed by atoms with Crippen LogP contribution in [0.1, 0.15) is 6.42 Å². The topological polar surface area (TPSA) is 33.1 Å². The lowest BCUT2D eigenvalue weighted by atomic mass is 10.2. The normalized spacial score (nSPS) is 12.8. The zero-order valence-corrected chi connectivity index (χ0v) is 17.1. The van der Waals surface area contributed by atoms with Crippen LogP contribution in [0.3, 0.4) is 0 Å². The van der Waals surface area contributed by atoms with Gasteiger partial charge >= 0.3 is 0 Å². The van der Waals surface area contributed by atoms with E-state index in [-0.39, 0.29) is 0 Å². The number of nitrogens with zero attached hydrogens (tertiary/aromatic N) is 3. The Morgan fingerprint density at radius 1 is 0.759 bits per heavy atom. The molecular formula is C24H24N4S. The Morgan fingerprint density at radius 3 is 2.24 bits per heavy atom. The first-order chi connectivity index (χ1) is 14.4. The molecule has 0 spiro atoms. The Morgan fingerprint density at radius 2 is 1.45 bits per heavy atom. The standard InChI is InChI=1S/C24H24N4S/c1-2-9-20-19(8-1)26-18-27(20)17-15-25-14-7-16-28-21-10-3-5-12-23(21)29-24-13-6-4-11-22(24)28/h1-6,8-13,18,25H,7,14-17H2. The van der Waals surface area contributed by atoms with Crippen molar-refractivity contribution in [2.24, 2.45) is 0 Å². The van der Waals surface area contributed by atoms with E-state index >= 15 is 0 Å². The van der Waals surface area contributed by atoms with Gasteiger partial charge in [-0.2, -0.15) is 0 Å². The largest absolute Gasteiger partial charge is 0.340 e. The van der Waals surface area contributed by atoms with E-state index in [1.54, 1.807) is 0 Å². The Bertz CT molecular complexity index is 1080. The number of aromatic nitrogens is 2. The number of hydrogen-bond acceptors (Lipinski definition) is 4. The molecule has 0 atom stereocenters. The van der Waals surface area contributed by atoms with Crippen molar-refractivity contribution in [1.82, 2.24) is 14.9 Å². The van der Waals surface area contributed by atoms with Gasteiger partial charge in [0, 0.05) is 29.4 Å². The van der Waals surface area contributed by atoms with Gasteiger partial charge < -0.3 is 14.8 Å². The van der Waals surface area contributed by atoms with Crippen LogP contribution in [0.5, 0.6) is 0 Å². The summed E-state index contributed by atoms with van der Waals surface area (Å²) in [6.45, 7) is 3.89. The highest BCUT2D eigenvalue weighted by molar-refractivity contribution is 7.99. The van der Waals surface area contributed by atoms with Crippen molar-refractivity contribution in [1.29, 1.82) is 0 Å². The molecule has 29 heavy (non-hydrogen) atoms. The second-order valence-corrected chi connectivity index (χ2v) is 8.30. The van der Waals surface area contributed by atoms with E-state index in [0.717, 1.165) is 38.1 Å². The number of imidazole rings is 1. The van der Waals surface area contributed by atoms with Gasteiger partial charge in [-0.1, -0.05) is 48.2 Å². The summed E-state index contributed by atoms with van der Waals surface area (Å²) in [7, 11) is 0. The van der Waals surface area contributed by atoms with Crippen LogP contribution in [-0.4, -0.2) is 29.2 Å². The molecule has 1 aliphatic rings. The minimum atomic E-state index is 0.937. The lowest BCUT2D eigenvalue weighted by molar-refractivity contribution is 0.591. The summed E-state index contributed by atoms with van der Waals surface area (Å²) in [5.41, 5.74) is 4.91. The highest BCUT2D eigenvalue weighted by Gasteiger charge is 2.22. The SMILES string of the molecule is c1ccc2c(c1)Sc1ccccc1N2CCCNCCn1cnc2ccccc21. The van der Waals surface area contributed by atoms with Crippen molar-refractivity contribution in [3.63, 3.8) is 0 Å². The third-order valence-electron chi connectivity index (χ3n) is 5.32. The third kappa shape index (κ3) is 3.76. The summed E-state index contributed by atoms with van der Waals surface area (Å²) in [6.07, 6.45) is 3.03. The molecule has 5 heteroatoms. The fourth-order valence-electron chi connectivity index (χ4n) is 3.90. The molecule has 0 saturated heterocycles. The average Bonchev–Trinajstić information content (AvgIpc) is 3.18. The summed E-state index contributed by atoms with van der Waals surface area (Å²) >= 11 is 1.87. The third-order valence-corrected chi connectivity index (χ3v) is 6.45. The number of fused-ring (bicyclic) bond motifs is 3. The number of para-hydroxylation sites is 4. The molecule has 5 rings (SSSR count). The maximum Gasteiger partial charge on any atom is 0.0958 e. The van der Waals surface area contributed by atoms with Crippen LogP contribution < -0.4 is 10.2 Å². The van der Waals surface area contributed by atoms with Gasteiger partial charge in [0.1, 0.15) is 0 Å². The van der Waals surface area contributed by atoms with Crippen LogP contribution in [0, 0.1) is 0 Å². The molecule has 3 aromatic carbocycles. The second-order valence-electron chi connectivity index (χ2n) is 7.22. The fourth-order valence-corrected chi connectivity index (χ4v) is 4.99. The van der Waals surface area contributed by atoms with Crippen molar-refractivity contribution in [3.05, 3.63) is 79.1 Å². The predicted octanol–water partition coefficient (Wildman–Crippen LogP) is 5.32. The monoisotopic (exact) mass is 400 g/mol. The van der Waals surface area contributed by atoms with E-state index in [2.05, 4.69) is 86.5 Å². The summed E-state index contributed by atoms with van der Waals surface area (Å²) in [6, 6.07) is 25.7. The zero-order valence-electron chi connectivity index (χ0n) is 16.3. The van der Waals surface area contributed by atoms with E-state index in [1.165, 1.54) is 26.7 Å². The molecular weight excluding hydrogens is 376 g/mol. The number of nitrogens with one attached hydrogen (secondary N) is 1. The van der Waals surface area contributed by atoms with Crippen molar-refractivity contribution < 1.29 is 0 Å². The second kappa shape index (κ2) is 8.31. The van der Waals surface area contributed by atoms with Gasteiger partial charge in [0.2, 0.25) is 0 Å². The smallest absolute Gasteiger partial charge is 0.0958 e. The van der Waals surface area contributed by atoms with Gasteiger partial charge in [-0.3, -0.25) is 0 Å². The average molecular weight is 401 g/mol. The first-order valence-electron chi connectivity index (χ1n) is 10.1. The molecule has 0 radical (unpaired) electrons. The van der Waals surface area contributed by atoms with Crippen LogP contribution in [0.4, 0.5) is 11.4 Å². The van der Waals surface area contributed by atoms with Gasteiger partial charge in [-0.25, -0.2) is 4.98 Å². The number of hydrogen-bond donors (Lipinski definition) is 1. The minimum absolute atomic E-state index is 0.937. The van der Waals surface area contributed by atoms with E-state index in [1.807, 2.05) is 24.2 Å². The van der Waals surface area contributed by atoms with Gasteiger partial charge in [0.25, 0.3) is 0 Å². The zero-order chi connectivity index (χ0) is 19.5.